The highest BCUT2D eigenvalue weighted by molar-refractivity contribution is 8.01. The zero-order valence-electron chi connectivity index (χ0n) is 13.5. The average molecular weight is 371 g/mol. The molecule has 3 aromatic rings. The molecule has 2 aromatic heterocycles. The highest BCUT2D eigenvalue weighted by atomic mass is 32.2. The monoisotopic (exact) mass is 371 g/mol. The summed E-state index contributed by atoms with van der Waals surface area (Å²) in [5, 5.41) is 0. The van der Waals surface area contributed by atoms with Gasteiger partial charge in [0, 0.05) is 38.6 Å². The van der Waals surface area contributed by atoms with Gasteiger partial charge < -0.3 is 9.80 Å². The molecule has 1 aliphatic heterocycles. The highest BCUT2D eigenvalue weighted by Crippen LogP contribution is 2.29. The third-order valence-corrected chi connectivity index (χ3v) is 6.26. The van der Waals surface area contributed by atoms with E-state index in [9.17, 15) is 4.79 Å². The molecule has 128 valence electrons. The van der Waals surface area contributed by atoms with E-state index in [1.165, 1.54) is 11.8 Å². The topological polar surface area (TPSA) is 62.2 Å². The van der Waals surface area contributed by atoms with Gasteiger partial charge in [-0.3, -0.25) is 9.78 Å². The Kier molecular flexibility index (Phi) is 4.80. The van der Waals surface area contributed by atoms with Gasteiger partial charge in [0.05, 0.1) is 22.2 Å². The van der Waals surface area contributed by atoms with Gasteiger partial charge in [-0.25, -0.2) is 9.97 Å². The first-order valence-electron chi connectivity index (χ1n) is 8.07. The Balaban J connectivity index is 1.30. The van der Waals surface area contributed by atoms with Crippen LogP contribution < -0.4 is 4.90 Å². The molecule has 1 fully saturated rings. The zero-order valence-corrected chi connectivity index (χ0v) is 15.2. The quantitative estimate of drug-likeness (QED) is 0.657. The number of rotatable bonds is 4. The van der Waals surface area contributed by atoms with Gasteiger partial charge >= 0.3 is 0 Å². The average Bonchev–Trinajstić information content (AvgIpc) is 3.10. The normalized spacial score (nSPS) is 14.9. The zero-order chi connectivity index (χ0) is 17.1. The Labute approximate surface area is 153 Å². The standard InChI is InChI=1S/C17H17N5OS2/c23-16(12-24-17-20-13-3-1-2-4-14(13)25-17)22-9-7-21(8-10-22)15-11-18-5-6-19-15/h1-6,11H,7-10,12H2. The lowest BCUT2D eigenvalue weighted by atomic mass is 10.3. The minimum absolute atomic E-state index is 0.169. The molecule has 4 rings (SSSR count). The number of benzene rings is 1. The van der Waals surface area contributed by atoms with Gasteiger partial charge in [-0.15, -0.1) is 11.3 Å². The molecule has 25 heavy (non-hydrogen) atoms. The number of hydrogen-bond donors (Lipinski definition) is 0. The molecule has 1 aromatic carbocycles. The van der Waals surface area contributed by atoms with E-state index >= 15 is 0 Å². The number of thiazole rings is 1. The molecule has 0 bridgehead atoms. The van der Waals surface area contributed by atoms with Crippen LogP contribution in [0.15, 0.2) is 47.2 Å². The lowest BCUT2D eigenvalue weighted by Gasteiger charge is -2.35. The maximum Gasteiger partial charge on any atom is 0.233 e. The lowest BCUT2D eigenvalue weighted by molar-refractivity contribution is -0.128. The summed E-state index contributed by atoms with van der Waals surface area (Å²) in [5.74, 6) is 1.48. The number of piperazine rings is 1. The largest absolute Gasteiger partial charge is 0.352 e. The summed E-state index contributed by atoms with van der Waals surface area (Å²) in [6, 6.07) is 8.06. The van der Waals surface area contributed by atoms with E-state index in [0.29, 0.717) is 5.75 Å². The van der Waals surface area contributed by atoms with Crippen LogP contribution in [-0.2, 0) is 4.79 Å². The molecule has 0 saturated carbocycles. The third-order valence-electron chi connectivity index (χ3n) is 4.10. The Morgan fingerprint density at radius 3 is 2.76 bits per heavy atom. The summed E-state index contributed by atoms with van der Waals surface area (Å²) in [5.41, 5.74) is 1.00. The number of fused-ring (bicyclic) bond motifs is 1. The van der Waals surface area contributed by atoms with Gasteiger partial charge in [-0.05, 0) is 12.1 Å². The van der Waals surface area contributed by atoms with Crippen molar-refractivity contribution in [1.29, 1.82) is 0 Å². The molecule has 0 aliphatic carbocycles. The second-order valence-electron chi connectivity index (χ2n) is 5.67. The fourth-order valence-corrected chi connectivity index (χ4v) is 4.74. The van der Waals surface area contributed by atoms with E-state index in [0.717, 1.165) is 46.6 Å². The van der Waals surface area contributed by atoms with Gasteiger partial charge in [0.1, 0.15) is 5.82 Å². The number of carbonyl (C=O) groups excluding carboxylic acids is 1. The highest BCUT2D eigenvalue weighted by Gasteiger charge is 2.22. The van der Waals surface area contributed by atoms with Crippen molar-refractivity contribution in [2.24, 2.45) is 0 Å². The first-order chi connectivity index (χ1) is 12.3. The van der Waals surface area contributed by atoms with Gasteiger partial charge in [-0.1, -0.05) is 23.9 Å². The van der Waals surface area contributed by atoms with Crippen molar-refractivity contribution in [3.05, 3.63) is 42.9 Å². The van der Waals surface area contributed by atoms with Crippen LogP contribution in [0.2, 0.25) is 0 Å². The van der Waals surface area contributed by atoms with E-state index in [-0.39, 0.29) is 5.91 Å². The molecule has 1 saturated heterocycles. The van der Waals surface area contributed by atoms with E-state index in [4.69, 9.17) is 0 Å². The van der Waals surface area contributed by atoms with Crippen molar-refractivity contribution in [2.45, 2.75) is 4.34 Å². The number of hydrogen-bond acceptors (Lipinski definition) is 7. The van der Waals surface area contributed by atoms with Crippen LogP contribution in [-0.4, -0.2) is 57.7 Å². The molecule has 0 N–H and O–H groups in total. The van der Waals surface area contributed by atoms with Crippen LogP contribution in [0, 0.1) is 0 Å². The summed E-state index contributed by atoms with van der Waals surface area (Å²) in [7, 11) is 0. The number of thioether (sulfide) groups is 1. The van der Waals surface area contributed by atoms with Gasteiger partial charge in [0.2, 0.25) is 5.91 Å². The molecule has 0 radical (unpaired) electrons. The third kappa shape index (κ3) is 3.74. The van der Waals surface area contributed by atoms with Crippen LogP contribution in [0.25, 0.3) is 10.2 Å². The van der Waals surface area contributed by atoms with E-state index in [1.807, 2.05) is 23.1 Å². The Morgan fingerprint density at radius 2 is 2.00 bits per heavy atom. The van der Waals surface area contributed by atoms with Crippen LogP contribution >= 0.6 is 23.1 Å². The number of carbonyl (C=O) groups is 1. The van der Waals surface area contributed by atoms with Gasteiger partial charge in [0.15, 0.2) is 4.34 Å². The summed E-state index contributed by atoms with van der Waals surface area (Å²) in [6.45, 7) is 3.01. The fraction of sp³-hybridized carbons (Fsp3) is 0.294. The van der Waals surface area contributed by atoms with Crippen LogP contribution in [0.1, 0.15) is 0 Å². The molecule has 1 amide bonds. The molecular formula is C17H17N5OS2. The van der Waals surface area contributed by atoms with Crippen LogP contribution in [0.5, 0.6) is 0 Å². The fourth-order valence-electron chi connectivity index (χ4n) is 2.77. The van der Waals surface area contributed by atoms with Gasteiger partial charge in [0.25, 0.3) is 0 Å². The molecule has 8 heteroatoms. The van der Waals surface area contributed by atoms with Crippen LogP contribution in [0.3, 0.4) is 0 Å². The van der Waals surface area contributed by atoms with E-state index in [2.05, 4.69) is 25.9 Å². The Bertz CT molecular complexity index is 829. The van der Waals surface area contributed by atoms with Crippen molar-refractivity contribution in [3.8, 4) is 0 Å². The summed E-state index contributed by atoms with van der Waals surface area (Å²) in [6.07, 6.45) is 5.13. The predicted octanol–water partition coefficient (Wildman–Crippen LogP) is 2.53. The molecule has 0 spiro atoms. The first kappa shape index (κ1) is 16.3. The molecule has 0 unspecified atom stereocenters. The Morgan fingerprint density at radius 1 is 1.16 bits per heavy atom. The van der Waals surface area contributed by atoms with E-state index < -0.39 is 0 Å². The molecule has 1 aliphatic rings. The van der Waals surface area contributed by atoms with Crippen molar-refractivity contribution >= 4 is 45.0 Å². The second kappa shape index (κ2) is 7.37. The number of anilines is 1. The van der Waals surface area contributed by atoms with Gasteiger partial charge in [-0.2, -0.15) is 0 Å². The predicted molar refractivity (Wildman–Crippen MR) is 101 cm³/mol. The minimum atomic E-state index is 0.169. The van der Waals surface area contributed by atoms with Crippen molar-refractivity contribution in [1.82, 2.24) is 19.9 Å². The van der Waals surface area contributed by atoms with Crippen molar-refractivity contribution in [2.75, 3.05) is 36.8 Å². The summed E-state index contributed by atoms with van der Waals surface area (Å²) in [4.78, 5) is 29.5. The maximum absolute atomic E-state index is 12.5. The Hall–Kier alpha value is -2.19. The minimum Gasteiger partial charge on any atom is -0.352 e. The molecular weight excluding hydrogens is 354 g/mol. The number of aromatic nitrogens is 3. The lowest BCUT2D eigenvalue weighted by Crippen LogP contribution is -2.49. The molecule has 6 nitrogen and oxygen atoms in total. The molecule has 0 atom stereocenters. The smallest absolute Gasteiger partial charge is 0.233 e. The SMILES string of the molecule is O=C(CSc1nc2ccccc2s1)N1CCN(c2cnccn2)CC1. The summed E-state index contributed by atoms with van der Waals surface area (Å²) < 4.78 is 2.11. The summed E-state index contributed by atoms with van der Waals surface area (Å²) >= 11 is 3.17. The van der Waals surface area contributed by atoms with E-state index in [1.54, 1.807) is 29.9 Å². The van der Waals surface area contributed by atoms with Crippen molar-refractivity contribution < 1.29 is 4.79 Å². The molecule has 3 heterocycles. The van der Waals surface area contributed by atoms with Crippen molar-refractivity contribution in [3.63, 3.8) is 0 Å². The number of para-hydroxylation sites is 1. The van der Waals surface area contributed by atoms with Crippen LogP contribution in [0.4, 0.5) is 5.82 Å². The second-order valence-corrected chi connectivity index (χ2v) is 7.92. The first-order valence-corrected chi connectivity index (χ1v) is 9.87. The number of amides is 1. The maximum atomic E-state index is 12.5. The number of nitrogens with zero attached hydrogens (tertiary/aromatic N) is 5.